The van der Waals surface area contributed by atoms with Crippen molar-refractivity contribution in [2.45, 2.75) is 26.3 Å². The fourth-order valence-corrected chi connectivity index (χ4v) is 3.20. The molecule has 0 saturated heterocycles. The SMILES string of the molecule is CCc1ncc2c(n1)CN(c1cc(C#N)nc3ccccc13)CC2. The van der Waals surface area contributed by atoms with Gasteiger partial charge in [0, 0.05) is 30.2 Å². The fourth-order valence-electron chi connectivity index (χ4n) is 3.20. The predicted molar refractivity (Wildman–Crippen MR) is 92.6 cm³/mol. The van der Waals surface area contributed by atoms with Crippen LogP contribution in [-0.2, 0) is 19.4 Å². The van der Waals surface area contributed by atoms with Crippen molar-refractivity contribution >= 4 is 16.6 Å². The number of fused-ring (bicyclic) bond motifs is 2. The fraction of sp³-hybridized carbons (Fsp3) is 0.263. The maximum absolute atomic E-state index is 9.29. The van der Waals surface area contributed by atoms with Gasteiger partial charge in [-0.3, -0.25) is 0 Å². The van der Waals surface area contributed by atoms with Gasteiger partial charge in [-0.1, -0.05) is 25.1 Å². The van der Waals surface area contributed by atoms with Gasteiger partial charge in [0.25, 0.3) is 0 Å². The lowest BCUT2D eigenvalue weighted by Crippen LogP contribution is -2.31. The molecule has 0 radical (unpaired) electrons. The van der Waals surface area contributed by atoms with Crippen LogP contribution in [0.1, 0.15) is 29.7 Å². The van der Waals surface area contributed by atoms with Gasteiger partial charge in [0.1, 0.15) is 17.6 Å². The zero-order valence-electron chi connectivity index (χ0n) is 13.5. The molecule has 1 aliphatic rings. The molecule has 0 N–H and O–H groups in total. The Labute approximate surface area is 140 Å². The van der Waals surface area contributed by atoms with Crippen LogP contribution in [0.5, 0.6) is 0 Å². The molecule has 3 aromatic rings. The van der Waals surface area contributed by atoms with Crippen molar-refractivity contribution in [3.8, 4) is 6.07 Å². The van der Waals surface area contributed by atoms with Crippen molar-refractivity contribution in [1.82, 2.24) is 15.0 Å². The lowest BCUT2D eigenvalue weighted by molar-refractivity contribution is 0.694. The van der Waals surface area contributed by atoms with Gasteiger partial charge in [0.2, 0.25) is 0 Å². The third kappa shape index (κ3) is 2.46. The number of pyridine rings is 1. The minimum Gasteiger partial charge on any atom is -0.365 e. The van der Waals surface area contributed by atoms with Crippen LogP contribution in [0.25, 0.3) is 10.9 Å². The Morgan fingerprint density at radius 3 is 2.96 bits per heavy atom. The molecule has 0 saturated carbocycles. The Morgan fingerprint density at radius 1 is 1.25 bits per heavy atom. The summed E-state index contributed by atoms with van der Waals surface area (Å²) in [7, 11) is 0. The first kappa shape index (κ1) is 14.6. The Balaban J connectivity index is 1.79. The van der Waals surface area contributed by atoms with Crippen molar-refractivity contribution in [2.75, 3.05) is 11.4 Å². The van der Waals surface area contributed by atoms with Crippen molar-refractivity contribution in [1.29, 1.82) is 5.26 Å². The molecule has 0 amide bonds. The van der Waals surface area contributed by atoms with Crippen molar-refractivity contribution < 1.29 is 0 Å². The van der Waals surface area contributed by atoms with E-state index >= 15 is 0 Å². The number of hydrogen-bond acceptors (Lipinski definition) is 5. The Bertz CT molecular complexity index is 958. The van der Waals surface area contributed by atoms with E-state index in [-0.39, 0.29) is 0 Å². The molecule has 5 nitrogen and oxygen atoms in total. The highest BCUT2D eigenvalue weighted by molar-refractivity contribution is 5.92. The van der Waals surface area contributed by atoms with Gasteiger partial charge in [0.15, 0.2) is 0 Å². The molecule has 1 aromatic carbocycles. The Kier molecular flexibility index (Phi) is 3.58. The standard InChI is InChI=1S/C19H17N5/c1-2-19-21-11-13-7-8-24(12-17(13)23-19)18-9-14(10-20)22-16-6-4-3-5-15(16)18/h3-6,9,11H,2,7-8,12H2,1H3. The first-order chi connectivity index (χ1) is 11.8. The summed E-state index contributed by atoms with van der Waals surface area (Å²) in [6.45, 7) is 3.70. The second kappa shape index (κ2) is 5.89. The number of rotatable bonds is 2. The summed E-state index contributed by atoms with van der Waals surface area (Å²) in [6, 6.07) is 12.0. The van der Waals surface area contributed by atoms with E-state index in [2.05, 4.69) is 33.9 Å². The number of anilines is 1. The van der Waals surface area contributed by atoms with E-state index in [0.29, 0.717) is 5.69 Å². The summed E-state index contributed by atoms with van der Waals surface area (Å²) in [6.07, 6.45) is 3.71. The van der Waals surface area contributed by atoms with Crippen LogP contribution >= 0.6 is 0 Å². The van der Waals surface area contributed by atoms with Gasteiger partial charge in [-0.2, -0.15) is 5.26 Å². The summed E-state index contributed by atoms with van der Waals surface area (Å²) in [4.78, 5) is 15.8. The highest BCUT2D eigenvalue weighted by atomic mass is 15.2. The van der Waals surface area contributed by atoms with Crippen molar-refractivity contribution in [3.63, 3.8) is 0 Å². The van der Waals surface area contributed by atoms with Crippen LogP contribution in [0.3, 0.4) is 0 Å². The van der Waals surface area contributed by atoms with Gasteiger partial charge in [-0.15, -0.1) is 0 Å². The van der Waals surface area contributed by atoms with Crippen LogP contribution < -0.4 is 4.90 Å². The van der Waals surface area contributed by atoms with Crippen molar-refractivity contribution in [2.24, 2.45) is 0 Å². The predicted octanol–water partition coefficient (Wildman–Crippen LogP) is 3.02. The van der Waals surface area contributed by atoms with Gasteiger partial charge in [-0.25, -0.2) is 15.0 Å². The van der Waals surface area contributed by atoms with E-state index in [0.717, 1.165) is 54.0 Å². The summed E-state index contributed by atoms with van der Waals surface area (Å²) in [5, 5.41) is 10.4. The monoisotopic (exact) mass is 315 g/mol. The normalized spacial score (nSPS) is 13.6. The van der Waals surface area contributed by atoms with E-state index in [4.69, 9.17) is 4.98 Å². The summed E-state index contributed by atoms with van der Waals surface area (Å²) in [5.74, 6) is 0.882. The smallest absolute Gasteiger partial charge is 0.143 e. The van der Waals surface area contributed by atoms with Crippen LogP contribution in [-0.4, -0.2) is 21.5 Å². The average Bonchev–Trinajstić information content (AvgIpc) is 2.66. The van der Waals surface area contributed by atoms with Crippen molar-refractivity contribution in [3.05, 3.63) is 59.3 Å². The number of hydrogen-bond donors (Lipinski definition) is 0. The van der Waals surface area contributed by atoms with Crippen LogP contribution in [0.15, 0.2) is 36.5 Å². The summed E-state index contributed by atoms with van der Waals surface area (Å²) < 4.78 is 0. The van der Waals surface area contributed by atoms with Gasteiger partial charge in [-0.05, 0) is 24.1 Å². The molecule has 4 rings (SSSR count). The first-order valence-electron chi connectivity index (χ1n) is 8.17. The minimum absolute atomic E-state index is 0.450. The number of nitriles is 1. The van der Waals surface area contributed by atoms with E-state index in [9.17, 15) is 5.26 Å². The molecular weight excluding hydrogens is 298 g/mol. The molecule has 0 unspecified atom stereocenters. The summed E-state index contributed by atoms with van der Waals surface area (Å²) in [5.41, 5.74) is 4.68. The minimum atomic E-state index is 0.450. The van der Waals surface area contributed by atoms with E-state index in [1.807, 2.05) is 30.5 Å². The topological polar surface area (TPSA) is 65.7 Å². The first-order valence-corrected chi connectivity index (χ1v) is 8.17. The molecule has 0 atom stereocenters. The zero-order valence-corrected chi connectivity index (χ0v) is 13.5. The number of para-hydroxylation sites is 1. The molecule has 3 heterocycles. The Morgan fingerprint density at radius 2 is 2.12 bits per heavy atom. The number of aryl methyl sites for hydroxylation is 1. The molecule has 2 aromatic heterocycles. The molecule has 0 fully saturated rings. The molecule has 0 aliphatic carbocycles. The average molecular weight is 315 g/mol. The van der Waals surface area contributed by atoms with Gasteiger partial charge < -0.3 is 4.90 Å². The zero-order chi connectivity index (χ0) is 16.5. The van der Waals surface area contributed by atoms with Gasteiger partial charge >= 0.3 is 0 Å². The Hall–Kier alpha value is -3.00. The maximum Gasteiger partial charge on any atom is 0.143 e. The lowest BCUT2D eigenvalue weighted by Gasteiger charge is -2.31. The van der Waals surface area contributed by atoms with Crippen LogP contribution in [0.4, 0.5) is 5.69 Å². The lowest BCUT2D eigenvalue weighted by atomic mass is 10.0. The molecule has 118 valence electrons. The van der Waals surface area contributed by atoms with Crippen LogP contribution in [0.2, 0.25) is 0 Å². The number of benzene rings is 1. The van der Waals surface area contributed by atoms with Gasteiger partial charge in [0.05, 0.1) is 17.8 Å². The maximum atomic E-state index is 9.29. The highest BCUT2D eigenvalue weighted by Gasteiger charge is 2.21. The molecule has 1 aliphatic heterocycles. The molecular formula is C19H17N5. The van der Waals surface area contributed by atoms with E-state index in [1.54, 1.807) is 0 Å². The van der Waals surface area contributed by atoms with E-state index < -0.39 is 0 Å². The molecule has 5 heteroatoms. The van der Waals surface area contributed by atoms with E-state index in [1.165, 1.54) is 5.56 Å². The number of aromatic nitrogens is 3. The highest BCUT2D eigenvalue weighted by Crippen LogP contribution is 2.30. The third-order valence-electron chi connectivity index (χ3n) is 4.46. The van der Waals surface area contributed by atoms with Crippen LogP contribution in [0, 0.1) is 11.3 Å². The number of nitrogens with zero attached hydrogens (tertiary/aromatic N) is 5. The second-order valence-corrected chi connectivity index (χ2v) is 5.94. The second-order valence-electron chi connectivity index (χ2n) is 5.94. The molecule has 0 spiro atoms. The third-order valence-corrected chi connectivity index (χ3v) is 4.46. The molecule has 24 heavy (non-hydrogen) atoms. The quantitative estimate of drug-likeness (QED) is 0.727. The summed E-state index contributed by atoms with van der Waals surface area (Å²) >= 11 is 0. The largest absolute Gasteiger partial charge is 0.365 e. The molecule has 0 bridgehead atoms.